The van der Waals surface area contributed by atoms with Crippen molar-refractivity contribution >= 4 is 11.6 Å². The lowest BCUT2D eigenvalue weighted by molar-refractivity contribution is -0.00451. The van der Waals surface area contributed by atoms with Crippen LogP contribution < -0.4 is 0 Å². The molecule has 1 N–H and O–H groups in total. The molecule has 0 amide bonds. The number of piperidine rings is 1. The van der Waals surface area contributed by atoms with Gasteiger partial charge in [0.15, 0.2) is 0 Å². The standard InChI is InChI=1S/C9H15ClN2O/c1-9(13)2-4-12(5-3-9)7-8(10)6-11/h8,13H,2-5,7H2,1H3. The number of nitrogens with zero attached hydrogens (tertiary/aromatic N) is 2. The van der Waals surface area contributed by atoms with Gasteiger partial charge in [-0.3, -0.25) is 0 Å². The first-order chi connectivity index (χ1) is 6.03. The fourth-order valence-corrected chi connectivity index (χ4v) is 1.68. The third-order valence-electron chi connectivity index (χ3n) is 2.49. The topological polar surface area (TPSA) is 47.3 Å². The zero-order valence-corrected chi connectivity index (χ0v) is 8.59. The van der Waals surface area contributed by atoms with Crippen molar-refractivity contribution in [3.8, 4) is 6.07 Å². The van der Waals surface area contributed by atoms with Gasteiger partial charge in [0.2, 0.25) is 0 Å². The first-order valence-corrected chi connectivity index (χ1v) is 4.95. The van der Waals surface area contributed by atoms with Crippen LogP contribution in [0.5, 0.6) is 0 Å². The summed E-state index contributed by atoms with van der Waals surface area (Å²) in [6, 6.07) is 1.99. The van der Waals surface area contributed by atoms with Crippen molar-refractivity contribution in [2.24, 2.45) is 0 Å². The van der Waals surface area contributed by atoms with Gasteiger partial charge in [-0.1, -0.05) is 0 Å². The highest BCUT2D eigenvalue weighted by Crippen LogP contribution is 2.21. The highest BCUT2D eigenvalue weighted by atomic mass is 35.5. The summed E-state index contributed by atoms with van der Waals surface area (Å²) in [6.07, 6.45) is 1.53. The van der Waals surface area contributed by atoms with E-state index in [9.17, 15) is 5.11 Å². The molecular formula is C9H15ClN2O. The van der Waals surface area contributed by atoms with Gasteiger partial charge in [0.1, 0.15) is 5.38 Å². The third-order valence-corrected chi connectivity index (χ3v) is 2.73. The normalized spacial score (nSPS) is 25.1. The van der Waals surface area contributed by atoms with Crippen molar-refractivity contribution in [2.75, 3.05) is 19.6 Å². The summed E-state index contributed by atoms with van der Waals surface area (Å²) in [6.45, 7) is 4.12. The van der Waals surface area contributed by atoms with E-state index in [0.29, 0.717) is 6.54 Å². The maximum absolute atomic E-state index is 9.66. The second-order valence-corrected chi connectivity index (χ2v) is 4.42. The second-order valence-electron chi connectivity index (χ2n) is 3.89. The van der Waals surface area contributed by atoms with Crippen molar-refractivity contribution < 1.29 is 5.11 Å². The van der Waals surface area contributed by atoms with E-state index in [4.69, 9.17) is 16.9 Å². The largest absolute Gasteiger partial charge is 0.390 e. The number of alkyl halides is 1. The van der Waals surface area contributed by atoms with Gasteiger partial charge >= 0.3 is 0 Å². The number of likely N-dealkylation sites (tertiary alicyclic amines) is 1. The van der Waals surface area contributed by atoms with E-state index >= 15 is 0 Å². The predicted molar refractivity (Wildman–Crippen MR) is 51.6 cm³/mol. The lowest BCUT2D eigenvalue weighted by atomic mass is 9.94. The van der Waals surface area contributed by atoms with Crippen molar-refractivity contribution in [3.63, 3.8) is 0 Å². The molecule has 13 heavy (non-hydrogen) atoms. The molecule has 0 aromatic rings. The molecule has 1 rings (SSSR count). The van der Waals surface area contributed by atoms with Gasteiger partial charge in [-0.25, -0.2) is 0 Å². The summed E-state index contributed by atoms with van der Waals surface area (Å²) in [7, 11) is 0. The Bertz CT molecular complexity index is 202. The van der Waals surface area contributed by atoms with Crippen LogP contribution in [0, 0.1) is 11.3 Å². The Kier molecular flexibility index (Phi) is 3.55. The van der Waals surface area contributed by atoms with E-state index in [0.717, 1.165) is 25.9 Å². The van der Waals surface area contributed by atoms with Gasteiger partial charge in [-0.2, -0.15) is 5.26 Å². The van der Waals surface area contributed by atoms with Crippen LogP contribution in [0.4, 0.5) is 0 Å². The van der Waals surface area contributed by atoms with Crippen molar-refractivity contribution in [1.82, 2.24) is 4.90 Å². The lowest BCUT2D eigenvalue weighted by Crippen LogP contribution is -2.44. The van der Waals surface area contributed by atoms with Gasteiger partial charge in [0.25, 0.3) is 0 Å². The summed E-state index contributed by atoms with van der Waals surface area (Å²) < 4.78 is 0. The summed E-state index contributed by atoms with van der Waals surface area (Å²) in [4.78, 5) is 2.12. The molecule has 1 atom stereocenters. The van der Waals surface area contributed by atoms with Crippen LogP contribution in [0.2, 0.25) is 0 Å². The average molecular weight is 203 g/mol. The fourth-order valence-electron chi connectivity index (χ4n) is 1.48. The van der Waals surface area contributed by atoms with E-state index < -0.39 is 11.0 Å². The molecule has 0 aromatic heterocycles. The SMILES string of the molecule is CC1(O)CCN(CC(Cl)C#N)CC1. The summed E-state index contributed by atoms with van der Waals surface area (Å²) in [5.41, 5.74) is -0.523. The zero-order chi connectivity index (χ0) is 9.90. The lowest BCUT2D eigenvalue weighted by Gasteiger charge is -2.35. The monoisotopic (exact) mass is 202 g/mol. The fraction of sp³-hybridized carbons (Fsp3) is 0.889. The van der Waals surface area contributed by atoms with Gasteiger partial charge in [0.05, 0.1) is 11.7 Å². The maximum atomic E-state index is 9.66. The smallest absolute Gasteiger partial charge is 0.133 e. The Balaban J connectivity index is 2.30. The predicted octanol–water partition coefficient (Wildman–Crippen LogP) is 0.964. The molecule has 1 aliphatic rings. The Morgan fingerprint density at radius 3 is 2.62 bits per heavy atom. The van der Waals surface area contributed by atoms with Crippen LogP contribution in [0.1, 0.15) is 19.8 Å². The van der Waals surface area contributed by atoms with Crippen LogP contribution in [0.3, 0.4) is 0 Å². The molecule has 3 nitrogen and oxygen atoms in total. The molecule has 74 valence electrons. The number of hydrogen-bond donors (Lipinski definition) is 1. The van der Waals surface area contributed by atoms with Crippen LogP contribution in [0.25, 0.3) is 0 Å². The Morgan fingerprint density at radius 2 is 2.15 bits per heavy atom. The molecular weight excluding hydrogens is 188 g/mol. The average Bonchev–Trinajstić information content (AvgIpc) is 2.08. The van der Waals surface area contributed by atoms with Crippen molar-refractivity contribution in [1.29, 1.82) is 5.26 Å². The van der Waals surface area contributed by atoms with E-state index in [1.165, 1.54) is 0 Å². The summed E-state index contributed by atoms with van der Waals surface area (Å²) in [5, 5.41) is 17.7. The first-order valence-electron chi connectivity index (χ1n) is 4.52. The third kappa shape index (κ3) is 3.51. The van der Waals surface area contributed by atoms with E-state index in [1.54, 1.807) is 0 Å². The van der Waals surface area contributed by atoms with E-state index in [2.05, 4.69) is 4.90 Å². The number of rotatable bonds is 2. The first kappa shape index (κ1) is 10.8. The second kappa shape index (κ2) is 4.28. The Hall–Kier alpha value is -0.300. The van der Waals surface area contributed by atoms with Crippen molar-refractivity contribution in [2.45, 2.75) is 30.7 Å². The van der Waals surface area contributed by atoms with Gasteiger partial charge in [0, 0.05) is 19.6 Å². The van der Waals surface area contributed by atoms with E-state index in [-0.39, 0.29) is 0 Å². The molecule has 1 unspecified atom stereocenters. The number of nitriles is 1. The van der Waals surface area contributed by atoms with Crippen LogP contribution in [-0.2, 0) is 0 Å². The minimum absolute atomic E-state index is 0.428. The summed E-state index contributed by atoms with van der Waals surface area (Å²) in [5.74, 6) is 0. The summed E-state index contributed by atoms with van der Waals surface area (Å²) >= 11 is 5.70. The van der Waals surface area contributed by atoms with Gasteiger partial charge < -0.3 is 10.0 Å². The molecule has 0 saturated carbocycles. The molecule has 1 aliphatic heterocycles. The zero-order valence-electron chi connectivity index (χ0n) is 7.83. The highest BCUT2D eigenvalue weighted by Gasteiger charge is 2.27. The molecule has 1 fully saturated rings. The van der Waals surface area contributed by atoms with Crippen LogP contribution >= 0.6 is 11.6 Å². The Morgan fingerprint density at radius 1 is 1.62 bits per heavy atom. The number of halogens is 1. The van der Waals surface area contributed by atoms with Crippen LogP contribution in [-0.4, -0.2) is 40.6 Å². The molecule has 1 saturated heterocycles. The van der Waals surface area contributed by atoms with Crippen molar-refractivity contribution in [3.05, 3.63) is 0 Å². The minimum Gasteiger partial charge on any atom is -0.390 e. The Labute approximate surface area is 83.9 Å². The molecule has 0 aromatic carbocycles. The molecule has 4 heteroatoms. The number of hydrogen-bond acceptors (Lipinski definition) is 3. The molecule has 0 bridgehead atoms. The van der Waals surface area contributed by atoms with E-state index in [1.807, 2.05) is 13.0 Å². The molecule has 0 radical (unpaired) electrons. The maximum Gasteiger partial charge on any atom is 0.133 e. The highest BCUT2D eigenvalue weighted by molar-refractivity contribution is 6.22. The van der Waals surface area contributed by atoms with Gasteiger partial charge in [-0.15, -0.1) is 11.6 Å². The molecule has 1 heterocycles. The molecule has 0 aliphatic carbocycles. The van der Waals surface area contributed by atoms with Crippen LogP contribution in [0.15, 0.2) is 0 Å². The minimum atomic E-state index is -0.523. The quantitative estimate of drug-likeness (QED) is 0.679. The van der Waals surface area contributed by atoms with Gasteiger partial charge in [-0.05, 0) is 19.8 Å². The number of aliphatic hydroxyl groups is 1. The molecule has 0 spiro atoms.